The quantitative estimate of drug-likeness (QED) is 0.841. The Labute approximate surface area is 103 Å². The average molecular weight is 260 g/mol. The van der Waals surface area contributed by atoms with Crippen LogP contribution < -0.4 is 0 Å². The summed E-state index contributed by atoms with van der Waals surface area (Å²) in [6.45, 7) is 2.45. The molecule has 0 saturated carbocycles. The van der Waals surface area contributed by atoms with E-state index in [1.165, 1.54) is 6.07 Å². The number of aliphatic hydroxyl groups is 1. The molecule has 1 aromatic rings. The number of halogens is 3. The maximum Gasteiger partial charge on any atom is 0.416 e. The lowest BCUT2D eigenvalue weighted by Crippen LogP contribution is -2.34. The van der Waals surface area contributed by atoms with E-state index < -0.39 is 17.3 Å². The molecule has 1 N–H and O–H groups in total. The van der Waals surface area contributed by atoms with Gasteiger partial charge in [0.25, 0.3) is 0 Å². The molecule has 0 aromatic heterocycles. The first kappa shape index (κ1) is 13.4. The summed E-state index contributed by atoms with van der Waals surface area (Å²) in [5.74, 6) is 0. The molecule has 0 spiro atoms. The molecule has 1 aromatic carbocycles. The SMILES string of the molecule is Cc1cc(C(F)(F)F)ccc1C1(O)CCOCC1. The molecule has 18 heavy (non-hydrogen) atoms. The third kappa shape index (κ3) is 2.52. The van der Waals surface area contributed by atoms with Gasteiger partial charge in [-0.2, -0.15) is 13.2 Å². The molecule has 2 nitrogen and oxygen atoms in total. The standard InChI is InChI=1S/C13H15F3O2/c1-9-8-10(13(14,15)16)2-3-11(9)12(17)4-6-18-7-5-12/h2-3,8,17H,4-7H2,1H3. The van der Waals surface area contributed by atoms with E-state index in [0.717, 1.165) is 12.1 Å². The monoisotopic (exact) mass is 260 g/mol. The van der Waals surface area contributed by atoms with Crippen molar-refractivity contribution < 1.29 is 23.0 Å². The molecular weight excluding hydrogens is 245 g/mol. The molecular formula is C13H15F3O2. The molecule has 1 aliphatic rings. The van der Waals surface area contributed by atoms with Crippen LogP contribution in [0.15, 0.2) is 18.2 Å². The smallest absolute Gasteiger partial charge is 0.385 e. The van der Waals surface area contributed by atoms with Crippen LogP contribution in [0.2, 0.25) is 0 Å². The van der Waals surface area contributed by atoms with Crippen LogP contribution in [0.1, 0.15) is 29.5 Å². The lowest BCUT2D eigenvalue weighted by Gasteiger charge is -2.33. The first-order valence-electron chi connectivity index (χ1n) is 5.81. The van der Waals surface area contributed by atoms with Crippen molar-refractivity contribution in [3.8, 4) is 0 Å². The van der Waals surface area contributed by atoms with Crippen molar-refractivity contribution in [2.75, 3.05) is 13.2 Å². The van der Waals surface area contributed by atoms with Gasteiger partial charge in [0.1, 0.15) is 0 Å². The number of alkyl halides is 3. The minimum Gasteiger partial charge on any atom is -0.385 e. The Balaban J connectivity index is 2.35. The molecule has 0 unspecified atom stereocenters. The molecule has 0 aliphatic carbocycles. The van der Waals surface area contributed by atoms with Gasteiger partial charge in [-0.15, -0.1) is 0 Å². The van der Waals surface area contributed by atoms with Gasteiger partial charge in [0.15, 0.2) is 0 Å². The van der Waals surface area contributed by atoms with Crippen LogP contribution in [0, 0.1) is 6.92 Å². The molecule has 2 rings (SSSR count). The van der Waals surface area contributed by atoms with E-state index >= 15 is 0 Å². The zero-order valence-corrected chi connectivity index (χ0v) is 10.0. The van der Waals surface area contributed by atoms with Crippen LogP contribution in [0.3, 0.4) is 0 Å². The topological polar surface area (TPSA) is 29.5 Å². The van der Waals surface area contributed by atoms with Crippen LogP contribution in [0.4, 0.5) is 13.2 Å². The molecule has 100 valence electrons. The van der Waals surface area contributed by atoms with E-state index in [4.69, 9.17) is 4.74 Å². The van der Waals surface area contributed by atoms with Gasteiger partial charge in [0, 0.05) is 26.1 Å². The van der Waals surface area contributed by atoms with Crippen molar-refractivity contribution in [1.82, 2.24) is 0 Å². The van der Waals surface area contributed by atoms with Gasteiger partial charge in [0.05, 0.1) is 11.2 Å². The van der Waals surface area contributed by atoms with Gasteiger partial charge < -0.3 is 9.84 Å². The molecule has 0 atom stereocenters. The van der Waals surface area contributed by atoms with Crippen LogP contribution in [-0.4, -0.2) is 18.3 Å². The molecule has 0 amide bonds. The van der Waals surface area contributed by atoms with Gasteiger partial charge in [-0.05, 0) is 30.2 Å². The zero-order valence-electron chi connectivity index (χ0n) is 10.0. The highest BCUT2D eigenvalue weighted by Crippen LogP contribution is 2.37. The second-order valence-electron chi connectivity index (χ2n) is 4.67. The fourth-order valence-corrected chi connectivity index (χ4v) is 2.34. The highest BCUT2D eigenvalue weighted by Gasteiger charge is 2.35. The van der Waals surface area contributed by atoms with Crippen molar-refractivity contribution in [2.45, 2.75) is 31.5 Å². The lowest BCUT2D eigenvalue weighted by molar-refractivity contribution is -0.137. The summed E-state index contributed by atoms with van der Waals surface area (Å²) in [6.07, 6.45) is -3.51. The number of hydrogen-bond acceptors (Lipinski definition) is 2. The summed E-state index contributed by atoms with van der Waals surface area (Å²) in [6, 6.07) is 3.49. The average Bonchev–Trinajstić information content (AvgIpc) is 2.28. The fraction of sp³-hybridized carbons (Fsp3) is 0.538. The Morgan fingerprint density at radius 1 is 1.22 bits per heavy atom. The molecule has 1 saturated heterocycles. The van der Waals surface area contributed by atoms with Gasteiger partial charge in [0.2, 0.25) is 0 Å². The molecule has 1 heterocycles. The normalized spacial score (nSPS) is 19.8. The van der Waals surface area contributed by atoms with Crippen LogP contribution in [0.5, 0.6) is 0 Å². The van der Waals surface area contributed by atoms with E-state index in [0.29, 0.717) is 37.2 Å². The molecule has 1 fully saturated rings. The van der Waals surface area contributed by atoms with Crippen molar-refractivity contribution >= 4 is 0 Å². The van der Waals surface area contributed by atoms with Gasteiger partial charge >= 0.3 is 6.18 Å². The third-order valence-electron chi connectivity index (χ3n) is 3.38. The summed E-state index contributed by atoms with van der Waals surface area (Å²) < 4.78 is 42.8. The number of ether oxygens (including phenoxy) is 1. The van der Waals surface area contributed by atoms with Crippen LogP contribution in [-0.2, 0) is 16.5 Å². The summed E-state index contributed by atoms with van der Waals surface area (Å²) in [4.78, 5) is 0. The minimum atomic E-state index is -4.35. The second-order valence-corrected chi connectivity index (χ2v) is 4.67. The second kappa shape index (κ2) is 4.55. The van der Waals surface area contributed by atoms with E-state index in [9.17, 15) is 18.3 Å². The van der Waals surface area contributed by atoms with E-state index in [-0.39, 0.29) is 0 Å². The Hall–Kier alpha value is -1.07. The largest absolute Gasteiger partial charge is 0.416 e. The predicted octanol–water partition coefficient (Wildman–Crippen LogP) is 3.01. The summed E-state index contributed by atoms with van der Waals surface area (Å²) in [5.41, 5.74) is -0.709. The molecule has 5 heteroatoms. The Morgan fingerprint density at radius 2 is 1.83 bits per heavy atom. The van der Waals surface area contributed by atoms with Gasteiger partial charge in [-0.25, -0.2) is 0 Å². The van der Waals surface area contributed by atoms with Crippen LogP contribution >= 0.6 is 0 Å². The van der Waals surface area contributed by atoms with E-state index in [1.54, 1.807) is 6.92 Å². The van der Waals surface area contributed by atoms with Crippen molar-refractivity contribution in [1.29, 1.82) is 0 Å². The van der Waals surface area contributed by atoms with Crippen LogP contribution in [0.25, 0.3) is 0 Å². The predicted molar refractivity (Wildman–Crippen MR) is 60.1 cm³/mol. The highest BCUT2D eigenvalue weighted by atomic mass is 19.4. The highest BCUT2D eigenvalue weighted by molar-refractivity contribution is 5.36. The Bertz CT molecular complexity index is 434. The number of benzene rings is 1. The molecule has 1 aliphatic heterocycles. The first-order valence-corrected chi connectivity index (χ1v) is 5.81. The number of hydrogen-bond donors (Lipinski definition) is 1. The Morgan fingerprint density at radius 3 is 2.33 bits per heavy atom. The maximum absolute atomic E-state index is 12.6. The van der Waals surface area contributed by atoms with Crippen molar-refractivity contribution in [2.24, 2.45) is 0 Å². The fourth-order valence-electron chi connectivity index (χ4n) is 2.34. The summed E-state index contributed by atoms with van der Waals surface area (Å²) in [5, 5.41) is 10.5. The number of rotatable bonds is 1. The zero-order chi connectivity index (χ0) is 13.4. The first-order chi connectivity index (χ1) is 8.33. The van der Waals surface area contributed by atoms with E-state index in [1.807, 2.05) is 0 Å². The van der Waals surface area contributed by atoms with Crippen molar-refractivity contribution in [3.63, 3.8) is 0 Å². The summed E-state index contributed by atoms with van der Waals surface area (Å²) in [7, 11) is 0. The Kier molecular flexibility index (Phi) is 3.38. The molecule has 0 radical (unpaired) electrons. The maximum atomic E-state index is 12.6. The molecule has 0 bridgehead atoms. The van der Waals surface area contributed by atoms with Crippen molar-refractivity contribution in [3.05, 3.63) is 34.9 Å². The minimum absolute atomic E-state index is 0.416. The van der Waals surface area contributed by atoms with Gasteiger partial charge in [-0.3, -0.25) is 0 Å². The lowest BCUT2D eigenvalue weighted by atomic mass is 9.83. The van der Waals surface area contributed by atoms with Gasteiger partial charge in [-0.1, -0.05) is 6.07 Å². The number of aryl methyl sites for hydroxylation is 1. The summed E-state index contributed by atoms with van der Waals surface area (Å²) >= 11 is 0. The third-order valence-corrected chi connectivity index (χ3v) is 3.38. The van der Waals surface area contributed by atoms with E-state index in [2.05, 4.69) is 0 Å².